The summed E-state index contributed by atoms with van der Waals surface area (Å²) < 4.78 is 16.3. The number of hydrogen-bond donors (Lipinski definition) is 1. The Morgan fingerprint density at radius 2 is 2.10 bits per heavy atom. The number of methoxy groups -OCH3 is 1. The molecule has 0 radical (unpaired) electrons. The first-order valence-electron chi connectivity index (χ1n) is 6.86. The molecule has 0 atom stereocenters. The van der Waals surface area contributed by atoms with Crippen molar-refractivity contribution in [1.82, 2.24) is 5.32 Å². The minimum Gasteiger partial charge on any atom is -0.493 e. The fraction of sp³-hybridized carbons (Fsp3) is 0.375. The Morgan fingerprint density at radius 1 is 1.29 bits per heavy atom. The van der Waals surface area contributed by atoms with Crippen LogP contribution in [0, 0.1) is 0 Å². The number of hydrogen-bond acceptors (Lipinski definition) is 4. The highest BCUT2D eigenvalue weighted by Gasteiger charge is 2.13. The van der Waals surface area contributed by atoms with Crippen molar-refractivity contribution in [3.63, 3.8) is 0 Å². The van der Waals surface area contributed by atoms with Gasteiger partial charge in [-0.2, -0.15) is 0 Å². The first-order chi connectivity index (χ1) is 10.1. The number of rotatable bonds is 7. The van der Waals surface area contributed by atoms with E-state index in [9.17, 15) is 0 Å². The summed E-state index contributed by atoms with van der Waals surface area (Å²) in [5.74, 6) is 2.13. The summed E-state index contributed by atoms with van der Waals surface area (Å²) in [7, 11) is 1.61. The number of halogens is 1. The molecule has 0 fully saturated rings. The van der Waals surface area contributed by atoms with E-state index in [0.29, 0.717) is 29.6 Å². The van der Waals surface area contributed by atoms with E-state index in [1.54, 1.807) is 13.4 Å². The maximum Gasteiger partial charge on any atom is 0.180 e. The van der Waals surface area contributed by atoms with Crippen molar-refractivity contribution < 1.29 is 13.9 Å². The standard InChI is InChI=1S/C16H20ClNO3/c1-11(2)21-16-14(17)7-12(8-15(16)19-3)9-18-10-13-5-4-6-20-13/h4-8,11,18H,9-10H2,1-3H3. The van der Waals surface area contributed by atoms with Gasteiger partial charge in [0.05, 0.1) is 31.0 Å². The van der Waals surface area contributed by atoms with Crippen molar-refractivity contribution in [3.05, 3.63) is 46.9 Å². The van der Waals surface area contributed by atoms with Gasteiger partial charge < -0.3 is 19.2 Å². The van der Waals surface area contributed by atoms with Gasteiger partial charge in [0.1, 0.15) is 5.76 Å². The van der Waals surface area contributed by atoms with Crippen LogP contribution < -0.4 is 14.8 Å². The number of furan rings is 1. The maximum atomic E-state index is 6.28. The van der Waals surface area contributed by atoms with Crippen LogP contribution in [0.1, 0.15) is 25.2 Å². The van der Waals surface area contributed by atoms with Crippen molar-refractivity contribution in [2.24, 2.45) is 0 Å². The Balaban J connectivity index is 2.04. The molecule has 0 spiro atoms. The highest BCUT2D eigenvalue weighted by atomic mass is 35.5. The predicted molar refractivity (Wildman–Crippen MR) is 83.0 cm³/mol. The average molecular weight is 310 g/mol. The third-order valence-electron chi connectivity index (χ3n) is 2.85. The topological polar surface area (TPSA) is 43.6 Å². The zero-order valence-corrected chi connectivity index (χ0v) is 13.2. The van der Waals surface area contributed by atoms with E-state index in [2.05, 4.69) is 5.32 Å². The van der Waals surface area contributed by atoms with Crippen LogP contribution in [0.15, 0.2) is 34.9 Å². The van der Waals surface area contributed by atoms with Crippen molar-refractivity contribution in [2.75, 3.05) is 7.11 Å². The van der Waals surface area contributed by atoms with Crippen molar-refractivity contribution in [2.45, 2.75) is 33.0 Å². The van der Waals surface area contributed by atoms with Gasteiger partial charge >= 0.3 is 0 Å². The zero-order chi connectivity index (χ0) is 15.2. The molecule has 0 aliphatic heterocycles. The molecule has 0 aliphatic rings. The Kier molecular flexibility index (Phi) is 5.53. The highest BCUT2D eigenvalue weighted by Crippen LogP contribution is 2.37. The van der Waals surface area contributed by atoms with E-state index in [0.717, 1.165) is 11.3 Å². The average Bonchev–Trinajstić information content (AvgIpc) is 2.94. The number of ether oxygens (including phenoxy) is 2. The summed E-state index contributed by atoms with van der Waals surface area (Å²) in [6, 6.07) is 7.62. The van der Waals surface area contributed by atoms with Crippen molar-refractivity contribution in [3.8, 4) is 11.5 Å². The smallest absolute Gasteiger partial charge is 0.180 e. The molecular weight excluding hydrogens is 290 g/mol. The molecule has 114 valence electrons. The largest absolute Gasteiger partial charge is 0.493 e. The molecule has 21 heavy (non-hydrogen) atoms. The van der Waals surface area contributed by atoms with Crippen LogP contribution in [0.3, 0.4) is 0 Å². The van der Waals surface area contributed by atoms with Crippen LogP contribution in [-0.4, -0.2) is 13.2 Å². The Bertz CT molecular complexity index is 567. The molecule has 0 amide bonds. The van der Waals surface area contributed by atoms with E-state index in [1.165, 1.54) is 0 Å². The molecule has 1 heterocycles. The van der Waals surface area contributed by atoms with Gasteiger partial charge in [0.25, 0.3) is 0 Å². The first-order valence-corrected chi connectivity index (χ1v) is 7.24. The third-order valence-corrected chi connectivity index (χ3v) is 3.13. The molecule has 4 nitrogen and oxygen atoms in total. The summed E-state index contributed by atoms with van der Waals surface area (Å²) in [6.45, 7) is 5.24. The van der Waals surface area contributed by atoms with E-state index in [-0.39, 0.29) is 6.10 Å². The Morgan fingerprint density at radius 3 is 2.71 bits per heavy atom. The second-order valence-corrected chi connectivity index (χ2v) is 5.37. The van der Waals surface area contributed by atoms with E-state index >= 15 is 0 Å². The van der Waals surface area contributed by atoms with E-state index in [1.807, 2.05) is 38.1 Å². The summed E-state index contributed by atoms with van der Waals surface area (Å²) in [5, 5.41) is 3.85. The van der Waals surface area contributed by atoms with Gasteiger partial charge in [-0.05, 0) is 43.7 Å². The molecule has 2 rings (SSSR count). The normalized spacial score (nSPS) is 10.9. The summed E-state index contributed by atoms with van der Waals surface area (Å²) in [6.07, 6.45) is 1.70. The summed E-state index contributed by atoms with van der Waals surface area (Å²) >= 11 is 6.28. The second-order valence-electron chi connectivity index (χ2n) is 4.96. The molecular formula is C16H20ClNO3. The molecule has 1 N–H and O–H groups in total. The minimum atomic E-state index is 0.0410. The van der Waals surface area contributed by atoms with Gasteiger partial charge in [0.15, 0.2) is 11.5 Å². The van der Waals surface area contributed by atoms with Crippen molar-refractivity contribution >= 4 is 11.6 Å². The van der Waals surface area contributed by atoms with Gasteiger partial charge in [-0.3, -0.25) is 0 Å². The highest BCUT2D eigenvalue weighted by molar-refractivity contribution is 6.32. The quantitative estimate of drug-likeness (QED) is 0.839. The molecule has 0 saturated carbocycles. The lowest BCUT2D eigenvalue weighted by Gasteiger charge is -2.16. The third kappa shape index (κ3) is 4.41. The fourth-order valence-corrected chi connectivity index (χ4v) is 2.25. The monoisotopic (exact) mass is 309 g/mol. The number of benzene rings is 1. The van der Waals surface area contributed by atoms with Gasteiger partial charge in [0, 0.05) is 6.54 Å². The number of nitrogens with one attached hydrogen (secondary N) is 1. The SMILES string of the molecule is COc1cc(CNCc2ccco2)cc(Cl)c1OC(C)C. The summed E-state index contributed by atoms with van der Waals surface area (Å²) in [5.41, 5.74) is 1.03. The molecule has 1 aromatic heterocycles. The molecule has 0 aliphatic carbocycles. The van der Waals surface area contributed by atoms with Crippen LogP contribution in [0.25, 0.3) is 0 Å². The molecule has 5 heteroatoms. The first kappa shape index (κ1) is 15.7. The summed E-state index contributed by atoms with van der Waals surface area (Å²) in [4.78, 5) is 0. The molecule has 0 saturated heterocycles. The zero-order valence-electron chi connectivity index (χ0n) is 12.5. The molecule has 0 unspecified atom stereocenters. The Labute approximate surface area is 130 Å². The lowest BCUT2D eigenvalue weighted by molar-refractivity contribution is 0.230. The van der Waals surface area contributed by atoms with E-state index in [4.69, 9.17) is 25.5 Å². The van der Waals surface area contributed by atoms with Crippen LogP contribution in [-0.2, 0) is 13.1 Å². The van der Waals surface area contributed by atoms with Gasteiger partial charge in [-0.25, -0.2) is 0 Å². The Hall–Kier alpha value is -1.65. The molecule has 2 aromatic rings. The molecule has 1 aromatic carbocycles. The van der Waals surface area contributed by atoms with Crippen LogP contribution in [0.5, 0.6) is 11.5 Å². The maximum absolute atomic E-state index is 6.28. The lowest BCUT2D eigenvalue weighted by Crippen LogP contribution is -2.13. The lowest BCUT2D eigenvalue weighted by atomic mass is 10.2. The second kappa shape index (κ2) is 7.38. The van der Waals surface area contributed by atoms with Gasteiger partial charge in [0.2, 0.25) is 0 Å². The van der Waals surface area contributed by atoms with Crippen LogP contribution in [0.2, 0.25) is 5.02 Å². The predicted octanol–water partition coefficient (Wildman–Crippen LogP) is 4.02. The fourth-order valence-electron chi connectivity index (χ4n) is 1.97. The van der Waals surface area contributed by atoms with Crippen molar-refractivity contribution in [1.29, 1.82) is 0 Å². The molecule has 0 bridgehead atoms. The minimum absolute atomic E-state index is 0.0410. The van der Waals surface area contributed by atoms with E-state index < -0.39 is 0 Å². The van der Waals surface area contributed by atoms with Gasteiger partial charge in [-0.15, -0.1) is 0 Å². The van der Waals surface area contributed by atoms with Gasteiger partial charge in [-0.1, -0.05) is 11.6 Å². The van der Waals surface area contributed by atoms with Crippen LogP contribution >= 0.6 is 11.6 Å². The van der Waals surface area contributed by atoms with Crippen LogP contribution in [0.4, 0.5) is 0 Å².